The Hall–Kier alpha value is -2.07. The third-order valence-corrected chi connectivity index (χ3v) is 10.6. The first-order chi connectivity index (χ1) is 26.0. The summed E-state index contributed by atoms with van der Waals surface area (Å²) in [7, 11) is 0. The van der Waals surface area contributed by atoms with E-state index in [1.54, 1.807) is 4.70 Å². The molecule has 2 aromatic rings. The molecule has 0 saturated heterocycles. The van der Waals surface area contributed by atoms with Crippen LogP contribution in [0.4, 0.5) is 0 Å². The zero-order valence-corrected chi connectivity index (χ0v) is 36.2. The van der Waals surface area contributed by atoms with E-state index >= 15 is 0 Å². The Bertz CT molecular complexity index is 1340. The Kier molecular flexibility index (Phi) is 26.8. The van der Waals surface area contributed by atoms with Gasteiger partial charge in [0.2, 0.25) is 11.4 Å². The van der Waals surface area contributed by atoms with Crippen LogP contribution in [-0.2, 0) is 48.5 Å². The molecule has 0 spiro atoms. The van der Waals surface area contributed by atoms with Crippen molar-refractivity contribution in [2.75, 3.05) is 13.2 Å². The molecule has 0 atom stereocenters. The molecule has 1 aliphatic heterocycles. The SMILES string of the molecule is CCCCCCCc1cc(CCCC)cc(C2=CC(CCCC)=C(c3cc(CCCC)cc(CCCCCCC)c3)[N+]2=[N-])c1.CCC[O][Ni][O]CCC. The molecule has 0 bridgehead atoms. The molecular weight excluding hydrogens is 695 g/mol. The Balaban J connectivity index is 0.000000953. The van der Waals surface area contributed by atoms with Gasteiger partial charge in [0.25, 0.3) is 0 Å². The Morgan fingerprint density at radius 2 is 0.849 bits per heavy atom. The number of unbranched alkanes of at least 4 members (excludes halogenated alkanes) is 11. The average molecular weight is 774 g/mol. The van der Waals surface area contributed by atoms with Crippen LogP contribution in [0, 0.1) is 0 Å². The van der Waals surface area contributed by atoms with Gasteiger partial charge in [0.05, 0.1) is 0 Å². The summed E-state index contributed by atoms with van der Waals surface area (Å²) in [4.78, 5) is 0. The van der Waals surface area contributed by atoms with Gasteiger partial charge in [0.15, 0.2) is 0 Å². The second kappa shape index (κ2) is 30.2. The molecule has 0 aliphatic carbocycles. The van der Waals surface area contributed by atoms with Gasteiger partial charge in [-0.15, -0.1) is 0 Å². The molecule has 0 aromatic heterocycles. The van der Waals surface area contributed by atoms with E-state index in [0.717, 1.165) is 97.5 Å². The van der Waals surface area contributed by atoms with Gasteiger partial charge in [-0.1, -0.05) is 117 Å². The molecule has 302 valence electrons. The van der Waals surface area contributed by atoms with E-state index in [9.17, 15) is 5.53 Å². The van der Waals surface area contributed by atoms with Crippen LogP contribution < -0.4 is 0 Å². The van der Waals surface area contributed by atoms with Crippen molar-refractivity contribution in [3.8, 4) is 0 Å². The summed E-state index contributed by atoms with van der Waals surface area (Å²) in [6, 6.07) is 14.4. The van der Waals surface area contributed by atoms with Gasteiger partial charge in [0, 0.05) is 22.8 Å². The summed E-state index contributed by atoms with van der Waals surface area (Å²) < 4.78 is 11.6. The van der Waals surface area contributed by atoms with Crippen molar-refractivity contribution >= 4 is 11.4 Å². The van der Waals surface area contributed by atoms with Gasteiger partial charge in [0.1, 0.15) is 0 Å². The molecule has 0 amide bonds. The molecular formula is C48H78N2NiO2. The van der Waals surface area contributed by atoms with Crippen molar-refractivity contribution in [2.24, 2.45) is 0 Å². The molecule has 2 aromatic carbocycles. The number of aryl methyl sites for hydroxylation is 4. The van der Waals surface area contributed by atoms with E-state index in [0.29, 0.717) is 0 Å². The number of hydrogen-bond acceptors (Lipinski definition) is 2. The van der Waals surface area contributed by atoms with E-state index in [1.165, 1.54) is 129 Å². The van der Waals surface area contributed by atoms with Crippen LogP contribution in [0.2, 0.25) is 0 Å². The minimum atomic E-state index is 0.781. The van der Waals surface area contributed by atoms with Crippen molar-refractivity contribution in [3.63, 3.8) is 0 Å². The topological polar surface area (TPSA) is 43.8 Å². The number of hydrogen-bond donors (Lipinski definition) is 0. The van der Waals surface area contributed by atoms with Gasteiger partial charge >= 0.3 is 62.7 Å². The first kappa shape index (κ1) is 47.1. The van der Waals surface area contributed by atoms with E-state index < -0.39 is 0 Å². The van der Waals surface area contributed by atoms with Gasteiger partial charge < -0.3 is 5.53 Å². The van der Waals surface area contributed by atoms with Crippen LogP contribution >= 0.6 is 0 Å². The fourth-order valence-corrected chi connectivity index (χ4v) is 7.49. The van der Waals surface area contributed by atoms with E-state index in [4.69, 9.17) is 7.76 Å². The van der Waals surface area contributed by atoms with Crippen molar-refractivity contribution in [3.05, 3.63) is 87.0 Å². The van der Waals surface area contributed by atoms with Crippen molar-refractivity contribution in [2.45, 2.75) is 196 Å². The van der Waals surface area contributed by atoms with Gasteiger partial charge in [-0.2, -0.15) is 0 Å². The Morgan fingerprint density at radius 1 is 0.453 bits per heavy atom. The van der Waals surface area contributed by atoms with E-state index in [1.807, 2.05) is 0 Å². The van der Waals surface area contributed by atoms with Crippen LogP contribution in [0.15, 0.2) is 48.0 Å². The number of allylic oxidation sites excluding steroid dienone is 2. The van der Waals surface area contributed by atoms with Crippen LogP contribution in [0.3, 0.4) is 0 Å². The summed E-state index contributed by atoms with van der Waals surface area (Å²) in [6.07, 6.45) is 30.0. The van der Waals surface area contributed by atoms with Gasteiger partial charge in [-0.25, -0.2) is 4.70 Å². The second-order valence-corrected chi connectivity index (χ2v) is 15.8. The van der Waals surface area contributed by atoms with Crippen LogP contribution in [0.25, 0.3) is 16.9 Å². The molecule has 1 aliphatic rings. The quantitative estimate of drug-likeness (QED) is 0.0469. The molecule has 0 fully saturated rings. The summed E-state index contributed by atoms with van der Waals surface area (Å²) >= 11 is 0.942. The van der Waals surface area contributed by atoms with Crippen molar-refractivity contribution < 1.29 is 27.5 Å². The van der Waals surface area contributed by atoms with Crippen molar-refractivity contribution in [1.82, 2.24) is 0 Å². The third-order valence-electron chi connectivity index (χ3n) is 9.92. The first-order valence-corrected chi connectivity index (χ1v) is 22.8. The molecule has 0 unspecified atom stereocenters. The zero-order valence-electron chi connectivity index (χ0n) is 35.2. The van der Waals surface area contributed by atoms with E-state index in [-0.39, 0.29) is 0 Å². The van der Waals surface area contributed by atoms with E-state index in [2.05, 4.69) is 90.9 Å². The summed E-state index contributed by atoms with van der Waals surface area (Å²) in [5, 5.41) is 0. The number of rotatable bonds is 29. The predicted molar refractivity (Wildman–Crippen MR) is 226 cm³/mol. The maximum absolute atomic E-state index is 12.0. The summed E-state index contributed by atoms with van der Waals surface area (Å²) in [6.45, 7) is 17.1. The molecule has 1 heterocycles. The molecule has 0 N–H and O–H groups in total. The third kappa shape index (κ3) is 18.9. The zero-order chi connectivity index (χ0) is 38.5. The number of nitrogens with zero attached hydrogens (tertiary/aromatic N) is 2. The van der Waals surface area contributed by atoms with Crippen LogP contribution in [-0.4, -0.2) is 17.9 Å². The minimum absolute atomic E-state index is 0.781. The standard InChI is InChI=1S/C42H64N2.2C3H7O.Ni/c1-6-11-16-18-20-24-36-27-34(22-13-8-3)29-39(30-36)41-33-38(26-15-10-5)42(44(41)43)40-31-35(23-14-9-4)28-37(32-40)25-21-19-17-12-7-2;2*1-2-3-4;/h27-33H,6-26H2,1-5H3;2*2-3H2,1H3;/q;2*-1;+2. The fourth-order valence-electron chi connectivity index (χ4n) is 6.84. The van der Waals surface area contributed by atoms with Crippen LogP contribution in [0.5, 0.6) is 0 Å². The predicted octanol–water partition coefficient (Wildman–Crippen LogP) is 15.1. The van der Waals surface area contributed by atoms with Crippen molar-refractivity contribution in [1.29, 1.82) is 0 Å². The molecule has 0 saturated carbocycles. The molecule has 0 radical (unpaired) electrons. The summed E-state index contributed by atoms with van der Waals surface area (Å²) in [5.41, 5.74) is 23.3. The second-order valence-electron chi connectivity index (χ2n) is 15.1. The van der Waals surface area contributed by atoms with Gasteiger partial charge in [-0.3, -0.25) is 0 Å². The van der Waals surface area contributed by atoms with Crippen LogP contribution in [0.1, 0.15) is 204 Å². The molecule has 5 heteroatoms. The molecule has 53 heavy (non-hydrogen) atoms. The Labute approximate surface area is 333 Å². The fraction of sp³-hybridized carbons (Fsp3) is 0.667. The summed E-state index contributed by atoms with van der Waals surface area (Å²) in [5.74, 6) is 0. The monoisotopic (exact) mass is 773 g/mol. The molecule has 4 nitrogen and oxygen atoms in total. The normalized spacial score (nSPS) is 12.8. The average Bonchev–Trinajstić information content (AvgIpc) is 3.50. The van der Waals surface area contributed by atoms with Gasteiger partial charge in [-0.05, 0) is 111 Å². The maximum atomic E-state index is 12.0. The molecule has 3 rings (SSSR count). The Morgan fingerprint density at radius 3 is 1.28 bits per heavy atom. The first-order valence-electron chi connectivity index (χ1n) is 22.0. The number of benzene rings is 2.